The number of rotatable bonds is 6. The van der Waals surface area contributed by atoms with Crippen LogP contribution in [0, 0.1) is 12.3 Å². The van der Waals surface area contributed by atoms with Gasteiger partial charge < -0.3 is 20.5 Å². The van der Waals surface area contributed by atoms with Crippen LogP contribution in [-0.4, -0.2) is 29.8 Å². The second-order valence-corrected chi connectivity index (χ2v) is 8.85. The van der Waals surface area contributed by atoms with Gasteiger partial charge in [0.1, 0.15) is 16.9 Å². The van der Waals surface area contributed by atoms with Gasteiger partial charge >= 0.3 is 0 Å². The third-order valence-electron chi connectivity index (χ3n) is 5.31. The van der Waals surface area contributed by atoms with Gasteiger partial charge in [-0.3, -0.25) is 4.79 Å². The van der Waals surface area contributed by atoms with Crippen LogP contribution in [0.4, 0.5) is 0 Å². The lowest BCUT2D eigenvalue weighted by Crippen LogP contribution is -2.75. The Bertz CT molecular complexity index is 670. The molecule has 0 bridgehead atoms. The van der Waals surface area contributed by atoms with Crippen molar-refractivity contribution in [1.29, 1.82) is 0 Å². The Labute approximate surface area is 169 Å². The molecule has 6 heteroatoms. The number of carbonyl (C=O) groups excluding carboxylic acids is 1. The first kappa shape index (κ1) is 23.7. The van der Waals surface area contributed by atoms with E-state index in [-0.39, 0.29) is 30.0 Å². The van der Waals surface area contributed by atoms with Crippen molar-refractivity contribution in [2.45, 2.75) is 78.7 Å². The quantitative estimate of drug-likeness (QED) is 0.765. The zero-order valence-electron chi connectivity index (χ0n) is 17.6. The molecule has 0 radical (unpaired) electrons. The molecule has 0 spiro atoms. The van der Waals surface area contributed by atoms with Crippen LogP contribution in [0.25, 0.3) is 0 Å². The number of carbonyl (C=O) groups is 1. The molecule has 0 saturated heterocycles. The predicted molar refractivity (Wildman–Crippen MR) is 111 cm³/mol. The van der Waals surface area contributed by atoms with E-state index in [0.717, 1.165) is 16.9 Å². The number of halogens is 1. The zero-order valence-corrected chi connectivity index (χ0v) is 18.5. The van der Waals surface area contributed by atoms with E-state index in [1.807, 2.05) is 66.7 Å². The Kier molecular flexibility index (Phi) is 7.36. The van der Waals surface area contributed by atoms with Gasteiger partial charge in [0, 0.05) is 30.6 Å². The van der Waals surface area contributed by atoms with Crippen molar-refractivity contribution in [3.8, 4) is 5.75 Å². The first-order chi connectivity index (χ1) is 11.9. The molecule has 1 aromatic rings. The standard InChI is InChI=1S/C21H34N2O3.ClH/c1-8-25-17-12-21(22,20(17,6)7)18(24)23-13-15-10-9-14(2)11-16(15)26-19(3,4)5;/h9-11,17H,8,12-13,22H2,1-7H3,(H,23,24);1H. The summed E-state index contributed by atoms with van der Waals surface area (Å²) in [5.74, 6) is 0.657. The lowest BCUT2D eigenvalue weighted by Gasteiger charge is -2.57. The van der Waals surface area contributed by atoms with E-state index in [1.54, 1.807) is 0 Å². The van der Waals surface area contributed by atoms with Crippen LogP contribution < -0.4 is 15.8 Å². The van der Waals surface area contributed by atoms with Crippen LogP contribution in [0.1, 0.15) is 59.1 Å². The second kappa shape index (κ2) is 8.38. The second-order valence-electron chi connectivity index (χ2n) is 8.85. The fraction of sp³-hybridized carbons (Fsp3) is 0.667. The molecule has 5 nitrogen and oxygen atoms in total. The number of amides is 1. The molecule has 0 aliphatic heterocycles. The van der Waals surface area contributed by atoms with E-state index < -0.39 is 11.0 Å². The largest absolute Gasteiger partial charge is 0.488 e. The summed E-state index contributed by atoms with van der Waals surface area (Å²) in [5, 5.41) is 3.01. The molecule has 1 aliphatic rings. The fourth-order valence-corrected chi connectivity index (χ4v) is 3.39. The van der Waals surface area contributed by atoms with Crippen LogP contribution in [0.5, 0.6) is 5.75 Å². The lowest BCUT2D eigenvalue weighted by atomic mass is 9.54. The number of nitrogens with two attached hydrogens (primary N) is 1. The van der Waals surface area contributed by atoms with E-state index in [4.69, 9.17) is 15.2 Å². The maximum Gasteiger partial charge on any atom is 0.241 e. The van der Waals surface area contributed by atoms with Crippen molar-refractivity contribution in [3.05, 3.63) is 29.3 Å². The minimum absolute atomic E-state index is 0. The van der Waals surface area contributed by atoms with Gasteiger partial charge in [-0.1, -0.05) is 26.0 Å². The summed E-state index contributed by atoms with van der Waals surface area (Å²) in [7, 11) is 0. The van der Waals surface area contributed by atoms with Gasteiger partial charge in [0.05, 0.1) is 6.10 Å². The third-order valence-corrected chi connectivity index (χ3v) is 5.31. The molecule has 2 rings (SSSR count). The molecular formula is C21H35ClN2O3. The minimum Gasteiger partial charge on any atom is -0.488 e. The normalized spacial score (nSPS) is 23.8. The van der Waals surface area contributed by atoms with Gasteiger partial charge in [0.15, 0.2) is 0 Å². The van der Waals surface area contributed by atoms with Gasteiger partial charge in [0.25, 0.3) is 0 Å². The predicted octanol–water partition coefficient (Wildman–Crippen LogP) is 3.74. The van der Waals surface area contributed by atoms with Gasteiger partial charge in [-0.2, -0.15) is 0 Å². The van der Waals surface area contributed by atoms with Crippen LogP contribution >= 0.6 is 12.4 Å². The maximum atomic E-state index is 12.8. The Morgan fingerprint density at radius 2 is 1.96 bits per heavy atom. The van der Waals surface area contributed by atoms with Crippen molar-refractivity contribution in [3.63, 3.8) is 0 Å². The summed E-state index contributed by atoms with van der Waals surface area (Å²) in [6.45, 7) is 15.0. The molecule has 3 N–H and O–H groups in total. The summed E-state index contributed by atoms with van der Waals surface area (Å²) < 4.78 is 11.8. The molecule has 1 aliphatic carbocycles. The van der Waals surface area contributed by atoms with Crippen LogP contribution in [0.2, 0.25) is 0 Å². The SMILES string of the molecule is CCOC1CC(N)(C(=O)NCc2ccc(C)cc2OC(C)(C)C)C1(C)C.Cl. The smallest absolute Gasteiger partial charge is 0.241 e. The number of nitrogens with one attached hydrogen (secondary N) is 1. The summed E-state index contributed by atoms with van der Waals surface area (Å²) in [5.41, 5.74) is 6.90. The Morgan fingerprint density at radius 1 is 1.33 bits per heavy atom. The molecule has 0 aromatic heterocycles. The topological polar surface area (TPSA) is 73.6 Å². The van der Waals surface area contributed by atoms with Crippen LogP contribution in [-0.2, 0) is 16.1 Å². The van der Waals surface area contributed by atoms with E-state index in [2.05, 4.69) is 5.32 Å². The van der Waals surface area contributed by atoms with E-state index in [9.17, 15) is 4.79 Å². The number of hydrogen-bond donors (Lipinski definition) is 2. The fourth-order valence-electron chi connectivity index (χ4n) is 3.39. The lowest BCUT2D eigenvalue weighted by molar-refractivity contribution is -0.170. The average Bonchev–Trinajstić information content (AvgIpc) is 2.51. The molecule has 1 saturated carbocycles. The van der Waals surface area contributed by atoms with Crippen molar-refractivity contribution < 1.29 is 14.3 Å². The zero-order chi connectivity index (χ0) is 19.8. The van der Waals surface area contributed by atoms with Gasteiger partial charge in [-0.05, 0) is 46.2 Å². The highest BCUT2D eigenvalue weighted by molar-refractivity contribution is 5.88. The summed E-state index contributed by atoms with van der Waals surface area (Å²) >= 11 is 0. The van der Waals surface area contributed by atoms with Crippen molar-refractivity contribution in [2.75, 3.05) is 6.61 Å². The summed E-state index contributed by atoms with van der Waals surface area (Å²) in [6.07, 6.45) is 0.557. The molecule has 1 amide bonds. The number of benzene rings is 1. The van der Waals surface area contributed by atoms with Gasteiger partial charge in [-0.25, -0.2) is 0 Å². The highest BCUT2D eigenvalue weighted by Crippen LogP contribution is 2.49. The molecule has 2 atom stereocenters. The molecule has 27 heavy (non-hydrogen) atoms. The molecule has 0 heterocycles. The van der Waals surface area contributed by atoms with Crippen molar-refractivity contribution in [2.24, 2.45) is 11.1 Å². The first-order valence-corrected chi connectivity index (χ1v) is 9.38. The van der Waals surface area contributed by atoms with Gasteiger partial charge in [-0.15, -0.1) is 12.4 Å². The van der Waals surface area contributed by atoms with Crippen molar-refractivity contribution in [1.82, 2.24) is 5.32 Å². The first-order valence-electron chi connectivity index (χ1n) is 9.38. The van der Waals surface area contributed by atoms with Crippen molar-refractivity contribution >= 4 is 18.3 Å². The van der Waals surface area contributed by atoms with E-state index >= 15 is 0 Å². The molecular weight excluding hydrogens is 364 g/mol. The Hall–Kier alpha value is -1.30. The van der Waals surface area contributed by atoms with Crippen LogP contribution in [0.15, 0.2) is 18.2 Å². The third kappa shape index (κ3) is 4.95. The van der Waals surface area contributed by atoms with E-state index in [0.29, 0.717) is 19.6 Å². The van der Waals surface area contributed by atoms with Gasteiger partial charge in [0.2, 0.25) is 5.91 Å². The summed E-state index contributed by atoms with van der Waals surface area (Å²) in [4.78, 5) is 12.8. The molecule has 1 aromatic carbocycles. The number of hydrogen-bond acceptors (Lipinski definition) is 4. The summed E-state index contributed by atoms with van der Waals surface area (Å²) in [6, 6.07) is 6.02. The van der Waals surface area contributed by atoms with Crippen LogP contribution in [0.3, 0.4) is 0 Å². The maximum absolute atomic E-state index is 12.8. The Morgan fingerprint density at radius 3 is 2.48 bits per heavy atom. The number of aryl methyl sites for hydroxylation is 1. The molecule has 1 fully saturated rings. The van der Waals surface area contributed by atoms with E-state index in [1.165, 1.54) is 0 Å². The average molecular weight is 399 g/mol. The number of ether oxygens (including phenoxy) is 2. The minimum atomic E-state index is -0.914. The Balaban J connectivity index is 0.00000364. The molecule has 2 unspecified atom stereocenters. The monoisotopic (exact) mass is 398 g/mol. The molecule has 154 valence electrons. The highest BCUT2D eigenvalue weighted by atomic mass is 35.5. The highest BCUT2D eigenvalue weighted by Gasteiger charge is 2.62.